The Morgan fingerprint density at radius 1 is 1.33 bits per heavy atom. The second-order valence-electron chi connectivity index (χ2n) is 5.20. The Morgan fingerprint density at radius 3 is 2.67 bits per heavy atom. The Labute approximate surface area is 124 Å². The topological polar surface area (TPSA) is 81.7 Å². The molecule has 0 saturated carbocycles. The van der Waals surface area contributed by atoms with Crippen LogP contribution in [-0.2, 0) is 4.79 Å². The highest BCUT2D eigenvalue weighted by Crippen LogP contribution is 2.17. The van der Waals surface area contributed by atoms with Gasteiger partial charge in [-0.1, -0.05) is 13.0 Å². The van der Waals surface area contributed by atoms with E-state index in [0.717, 1.165) is 6.42 Å². The number of anilines is 2. The van der Waals surface area contributed by atoms with Crippen molar-refractivity contribution < 1.29 is 14.7 Å². The third-order valence-electron chi connectivity index (χ3n) is 3.33. The molecule has 1 saturated heterocycles. The van der Waals surface area contributed by atoms with Crippen molar-refractivity contribution in [3.8, 4) is 0 Å². The van der Waals surface area contributed by atoms with Crippen LogP contribution in [0.1, 0.15) is 26.2 Å². The van der Waals surface area contributed by atoms with Crippen LogP contribution in [0.4, 0.5) is 16.2 Å². The van der Waals surface area contributed by atoms with Gasteiger partial charge in [-0.15, -0.1) is 0 Å². The van der Waals surface area contributed by atoms with Crippen LogP contribution >= 0.6 is 0 Å². The molecule has 0 aromatic heterocycles. The van der Waals surface area contributed by atoms with Gasteiger partial charge in [-0.05, 0) is 31.0 Å². The van der Waals surface area contributed by atoms with E-state index in [1.54, 1.807) is 29.2 Å². The van der Waals surface area contributed by atoms with Crippen LogP contribution in [0.5, 0.6) is 0 Å². The average molecular weight is 291 g/mol. The molecule has 0 bridgehead atoms. The number of carbonyl (C=O) groups is 2. The van der Waals surface area contributed by atoms with Crippen LogP contribution in [0.25, 0.3) is 0 Å². The van der Waals surface area contributed by atoms with Gasteiger partial charge in [0.15, 0.2) is 0 Å². The molecule has 1 unspecified atom stereocenters. The average Bonchev–Trinajstić information content (AvgIpc) is 2.86. The summed E-state index contributed by atoms with van der Waals surface area (Å²) >= 11 is 0. The van der Waals surface area contributed by atoms with Gasteiger partial charge in [0.25, 0.3) is 0 Å². The summed E-state index contributed by atoms with van der Waals surface area (Å²) in [4.78, 5) is 25.1. The second-order valence-corrected chi connectivity index (χ2v) is 5.20. The van der Waals surface area contributed by atoms with Crippen LogP contribution in [0, 0.1) is 0 Å². The minimum atomic E-state index is -0.435. The Morgan fingerprint density at radius 2 is 2.05 bits per heavy atom. The normalized spacial score (nSPS) is 17.6. The number of hydrogen-bond donors (Lipinski definition) is 3. The Hall–Kier alpha value is -2.08. The van der Waals surface area contributed by atoms with Crippen LogP contribution in [0.2, 0.25) is 0 Å². The van der Waals surface area contributed by atoms with E-state index >= 15 is 0 Å². The molecule has 21 heavy (non-hydrogen) atoms. The molecule has 0 radical (unpaired) electrons. The van der Waals surface area contributed by atoms with Crippen molar-refractivity contribution in [1.82, 2.24) is 4.90 Å². The number of carbonyl (C=O) groups excluding carboxylic acids is 2. The third kappa shape index (κ3) is 4.46. The summed E-state index contributed by atoms with van der Waals surface area (Å²) in [6.07, 6.45) is 1.44. The van der Waals surface area contributed by atoms with Crippen molar-refractivity contribution in [1.29, 1.82) is 0 Å². The van der Waals surface area contributed by atoms with Gasteiger partial charge in [-0.2, -0.15) is 0 Å². The lowest BCUT2D eigenvalue weighted by Crippen LogP contribution is -2.33. The molecule has 1 atom stereocenters. The Balaban J connectivity index is 1.94. The first-order valence-corrected chi connectivity index (χ1v) is 7.22. The molecule has 1 fully saturated rings. The van der Waals surface area contributed by atoms with Crippen LogP contribution < -0.4 is 10.6 Å². The summed E-state index contributed by atoms with van der Waals surface area (Å²) < 4.78 is 0. The number of benzene rings is 1. The van der Waals surface area contributed by atoms with Crippen molar-refractivity contribution in [3.63, 3.8) is 0 Å². The number of rotatable bonds is 4. The number of nitrogens with zero attached hydrogens (tertiary/aromatic N) is 1. The van der Waals surface area contributed by atoms with E-state index in [0.29, 0.717) is 37.3 Å². The SMILES string of the molecule is CCCC(=O)Nc1cccc(NC(=O)N2CCC(O)C2)c1. The maximum absolute atomic E-state index is 12.0. The molecule has 1 aromatic carbocycles. The molecule has 0 aliphatic carbocycles. The van der Waals surface area contributed by atoms with Crippen molar-refractivity contribution in [3.05, 3.63) is 24.3 Å². The van der Waals surface area contributed by atoms with Crippen molar-refractivity contribution >= 4 is 23.3 Å². The van der Waals surface area contributed by atoms with E-state index in [9.17, 15) is 14.7 Å². The van der Waals surface area contributed by atoms with E-state index in [4.69, 9.17) is 0 Å². The number of likely N-dealkylation sites (tertiary alicyclic amines) is 1. The number of hydrogen-bond acceptors (Lipinski definition) is 3. The number of β-amino-alcohol motifs (C(OH)–C–C–N with tert-alkyl or cyclic N) is 1. The zero-order valence-corrected chi connectivity index (χ0v) is 12.1. The molecule has 114 valence electrons. The van der Waals surface area contributed by atoms with Gasteiger partial charge in [0, 0.05) is 30.9 Å². The summed E-state index contributed by atoms with van der Waals surface area (Å²) in [6, 6.07) is 6.81. The van der Waals surface area contributed by atoms with Gasteiger partial charge in [-0.3, -0.25) is 4.79 Å². The predicted molar refractivity (Wildman–Crippen MR) is 81.2 cm³/mol. The molecule has 1 aromatic rings. The highest BCUT2D eigenvalue weighted by molar-refractivity contribution is 5.93. The largest absolute Gasteiger partial charge is 0.391 e. The molecular weight excluding hydrogens is 270 g/mol. The number of urea groups is 1. The number of nitrogens with one attached hydrogen (secondary N) is 2. The summed E-state index contributed by atoms with van der Waals surface area (Å²) in [6.45, 7) is 2.86. The predicted octanol–water partition coefficient (Wildman–Crippen LogP) is 2.02. The lowest BCUT2D eigenvalue weighted by molar-refractivity contribution is -0.116. The fourth-order valence-corrected chi connectivity index (χ4v) is 2.25. The first-order chi connectivity index (χ1) is 10.1. The van der Waals surface area contributed by atoms with E-state index in [1.807, 2.05) is 6.92 Å². The van der Waals surface area contributed by atoms with E-state index < -0.39 is 6.10 Å². The fourth-order valence-electron chi connectivity index (χ4n) is 2.25. The summed E-state index contributed by atoms with van der Waals surface area (Å²) in [5.41, 5.74) is 1.28. The zero-order valence-electron chi connectivity index (χ0n) is 12.1. The van der Waals surface area contributed by atoms with Gasteiger partial charge in [0.2, 0.25) is 5.91 Å². The summed E-state index contributed by atoms with van der Waals surface area (Å²) in [5.74, 6) is -0.0383. The standard InChI is InChI=1S/C15H21N3O3/c1-2-4-14(20)16-11-5-3-6-12(9-11)17-15(21)18-8-7-13(19)10-18/h3,5-6,9,13,19H,2,4,7-8,10H2,1H3,(H,16,20)(H,17,21). The van der Waals surface area contributed by atoms with E-state index in [2.05, 4.69) is 10.6 Å². The number of aliphatic hydroxyl groups excluding tert-OH is 1. The quantitative estimate of drug-likeness (QED) is 0.794. The Kier molecular flexibility index (Phi) is 5.16. The van der Waals surface area contributed by atoms with Gasteiger partial charge in [-0.25, -0.2) is 4.79 Å². The summed E-state index contributed by atoms with van der Waals surface area (Å²) in [5, 5.41) is 15.0. The number of aliphatic hydroxyl groups is 1. The minimum Gasteiger partial charge on any atom is -0.391 e. The van der Waals surface area contributed by atoms with Crippen LogP contribution in [0.15, 0.2) is 24.3 Å². The lowest BCUT2D eigenvalue weighted by atomic mass is 10.2. The molecule has 6 nitrogen and oxygen atoms in total. The zero-order chi connectivity index (χ0) is 15.2. The van der Waals surface area contributed by atoms with Gasteiger partial charge in [0.1, 0.15) is 0 Å². The monoisotopic (exact) mass is 291 g/mol. The molecular formula is C15H21N3O3. The van der Waals surface area contributed by atoms with Gasteiger partial charge >= 0.3 is 6.03 Å². The highest BCUT2D eigenvalue weighted by Gasteiger charge is 2.24. The molecule has 2 rings (SSSR count). The van der Waals surface area contributed by atoms with E-state index in [1.165, 1.54) is 0 Å². The second kappa shape index (κ2) is 7.08. The molecule has 3 amide bonds. The van der Waals surface area contributed by atoms with Crippen molar-refractivity contribution in [2.75, 3.05) is 23.7 Å². The third-order valence-corrected chi connectivity index (χ3v) is 3.33. The molecule has 1 aliphatic rings. The van der Waals surface area contributed by atoms with E-state index in [-0.39, 0.29) is 11.9 Å². The fraction of sp³-hybridized carbons (Fsp3) is 0.467. The maximum atomic E-state index is 12.0. The van der Waals surface area contributed by atoms with Gasteiger partial charge < -0.3 is 20.6 Å². The van der Waals surface area contributed by atoms with Crippen molar-refractivity contribution in [2.24, 2.45) is 0 Å². The van der Waals surface area contributed by atoms with Crippen LogP contribution in [-0.4, -0.2) is 41.1 Å². The maximum Gasteiger partial charge on any atom is 0.321 e. The lowest BCUT2D eigenvalue weighted by Gasteiger charge is -2.17. The smallest absolute Gasteiger partial charge is 0.321 e. The molecule has 1 heterocycles. The molecule has 0 spiro atoms. The molecule has 1 aliphatic heterocycles. The Bertz CT molecular complexity index is 519. The van der Waals surface area contributed by atoms with Crippen LogP contribution in [0.3, 0.4) is 0 Å². The van der Waals surface area contributed by atoms with Crippen molar-refractivity contribution in [2.45, 2.75) is 32.3 Å². The molecule has 6 heteroatoms. The first-order valence-electron chi connectivity index (χ1n) is 7.22. The number of amides is 3. The highest BCUT2D eigenvalue weighted by atomic mass is 16.3. The van der Waals surface area contributed by atoms with Gasteiger partial charge in [0.05, 0.1) is 6.10 Å². The first kappa shape index (κ1) is 15.3. The molecule has 3 N–H and O–H groups in total. The summed E-state index contributed by atoms with van der Waals surface area (Å²) in [7, 11) is 0. The minimum absolute atomic E-state index is 0.0383.